The van der Waals surface area contributed by atoms with E-state index in [-0.39, 0.29) is 6.61 Å². The lowest BCUT2D eigenvalue weighted by Gasteiger charge is -2.07. The van der Waals surface area contributed by atoms with E-state index in [2.05, 4.69) is 5.32 Å². The van der Waals surface area contributed by atoms with E-state index < -0.39 is 11.7 Å². The zero-order chi connectivity index (χ0) is 15.2. The van der Waals surface area contributed by atoms with Crippen molar-refractivity contribution >= 4 is 17.3 Å². The SMILES string of the molecule is C[N+](=O)c1ccc(OCC(=O)Nc2cccc(F)c2)cc1. The molecule has 0 bridgehead atoms. The van der Waals surface area contributed by atoms with Crippen LogP contribution in [0.5, 0.6) is 5.75 Å². The van der Waals surface area contributed by atoms with Gasteiger partial charge >= 0.3 is 0 Å². The average Bonchev–Trinajstić information content (AvgIpc) is 2.45. The predicted octanol–water partition coefficient (Wildman–Crippen LogP) is 2.88. The van der Waals surface area contributed by atoms with Gasteiger partial charge in [0, 0.05) is 27.5 Å². The Bertz CT molecular complexity index is 656. The van der Waals surface area contributed by atoms with Gasteiger partial charge < -0.3 is 10.1 Å². The van der Waals surface area contributed by atoms with Crippen molar-refractivity contribution in [2.45, 2.75) is 0 Å². The second-order valence-corrected chi connectivity index (χ2v) is 4.34. The fourth-order valence-electron chi connectivity index (χ4n) is 1.66. The lowest BCUT2D eigenvalue weighted by atomic mass is 10.3. The minimum Gasteiger partial charge on any atom is -0.484 e. The van der Waals surface area contributed by atoms with Crippen molar-refractivity contribution in [1.82, 2.24) is 0 Å². The van der Waals surface area contributed by atoms with E-state index in [1.165, 1.54) is 25.2 Å². The Hall–Kier alpha value is -2.76. The summed E-state index contributed by atoms with van der Waals surface area (Å²) < 4.78 is 19.0. The monoisotopic (exact) mass is 289 g/mol. The Kier molecular flexibility index (Phi) is 4.61. The van der Waals surface area contributed by atoms with Crippen LogP contribution in [-0.2, 0) is 4.79 Å². The second kappa shape index (κ2) is 6.60. The first-order valence-electron chi connectivity index (χ1n) is 6.24. The van der Waals surface area contributed by atoms with Crippen molar-refractivity contribution in [2.75, 3.05) is 19.0 Å². The van der Waals surface area contributed by atoms with Crippen LogP contribution in [0.4, 0.5) is 15.8 Å². The highest BCUT2D eigenvalue weighted by molar-refractivity contribution is 5.91. The number of nitroso groups, excluding NO2 is 1. The molecule has 0 saturated carbocycles. The molecule has 0 atom stereocenters. The summed E-state index contributed by atoms with van der Waals surface area (Å²) >= 11 is 0. The van der Waals surface area contributed by atoms with Gasteiger partial charge in [-0.2, -0.15) is 0 Å². The van der Waals surface area contributed by atoms with E-state index in [4.69, 9.17) is 4.74 Å². The largest absolute Gasteiger partial charge is 0.484 e. The van der Waals surface area contributed by atoms with Gasteiger partial charge in [-0.05, 0) is 30.3 Å². The van der Waals surface area contributed by atoms with Gasteiger partial charge in [0.25, 0.3) is 11.6 Å². The molecule has 0 saturated heterocycles. The van der Waals surface area contributed by atoms with Gasteiger partial charge in [-0.25, -0.2) is 4.39 Å². The minimum atomic E-state index is -0.425. The molecule has 2 rings (SSSR count). The van der Waals surface area contributed by atoms with Crippen LogP contribution in [0.15, 0.2) is 48.5 Å². The van der Waals surface area contributed by atoms with E-state index in [0.29, 0.717) is 17.1 Å². The van der Waals surface area contributed by atoms with Gasteiger partial charge in [0.2, 0.25) is 0 Å². The van der Waals surface area contributed by atoms with Crippen LogP contribution in [0.1, 0.15) is 0 Å². The number of ether oxygens (including phenoxy) is 1. The molecule has 0 unspecified atom stereocenters. The lowest BCUT2D eigenvalue weighted by molar-refractivity contribution is -0.428. The summed E-state index contributed by atoms with van der Waals surface area (Å²) in [4.78, 5) is 22.7. The second-order valence-electron chi connectivity index (χ2n) is 4.34. The maximum absolute atomic E-state index is 13.0. The van der Waals surface area contributed by atoms with Gasteiger partial charge in [-0.3, -0.25) is 4.79 Å². The maximum atomic E-state index is 13.0. The molecule has 2 aromatic rings. The molecule has 1 amide bonds. The molecule has 1 N–H and O–H groups in total. The molecule has 2 aromatic carbocycles. The van der Waals surface area contributed by atoms with Crippen LogP contribution in [0.25, 0.3) is 0 Å². The summed E-state index contributed by atoms with van der Waals surface area (Å²) in [5, 5.41) is 2.52. The molecule has 0 aliphatic heterocycles. The Morgan fingerprint density at radius 2 is 1.95 bits per heavy atom. The number of amides is 1. The summed E-state index contributed by atoms with van der Waals surface area (Å²) in [7, 11) is 1.39. The fraction of sp³-hybridized carbons (Fsp3) is 0.133. The zero-order valence-corrected chi connectivity index (χ0v) is 11.4. The Morgan fingerprint density at radius 3 is 2.57 bits per heavy atom. The Balaban J connectivity index is 1.87. The molecule has 0 heterocycles. The first-order valence-corrected chi connectivity index (χ1v) is 6.24. The van der Waals surface area contributed by atoms with Crippen molar-refractivity contribution in [2.24, 2.45) is 0 Å². The van der Waals surface area contributed by atoms with Crippen LogP contribution in [0, 0.1) is 10.7 Å². The fourth-order valence-corrected chi connectivity index (χ4v) is 1.66. The number of nitrogens with one attached hydrogen (secondary N) is 1. The van der Waals surface area contributed by atoms with Crippen molar-refractivity contribution in [1.29, 1.82) is 0 Å². The summed E-state index contributed by atoms with van der Waals surface area (Å²) in [5.41, 5.74) is 0.860. The molecule has 0 aliphatic rings. The predicted molar refractivity (Wildman–Crippen MR) is 76.2 cm³/mol. The van der Waals surface area contributed by atoms with Gasteiger partial charge in [0.05, 0.1) is 0 Å². The number of halogens is 1. The minimum absolute atomic E-state index is 0.205. The van der Waals surface area contributed by atoms with Crippen molar-refractivity contribution in [3.05, 3.63) is 59.3 Å². The summed E-state index contributed by atoms with van der Waals surface area (Å²) in [6.07, 6.45) is 0. The van der Waals surface area contributed by atoms with E-state index >= 15 is 0 Å². The molecule has 0 radical (unpaired) electrons. The highest BCUT2D eigenvalue weighted by atomic mass is 19.1. The van der Waals surface area contributed by atoms with Crippen molar-refractivity contribution in [3.8, 4) is 5.75 Å². The average molecular weight is 289 g/mol. The molecule has 0 aliphatic carbocycles. The quantitative estimate of drug-likeness (QED) is 0.861. The zero-order valence-electron chi connectivity index (χ0n) is 11.4. The van der Waals surface area contributed by atoms with Crippen LogP contribution < -0.4 is 10.1 Å². The van der Waals surface area contributed by atoms with Crippen molar-refractivity contribution in [3.63, 3.8) is 0 Å². The van der Waals surface area contributed by atoms with Gasteiger partial charge in [-0.15, -0.1) is 0 Å². The molecule has 6 heteroatoms. The number of nitrogens with zero attached hydrogens (tertiary/aromatic N) is 1. The van der Waals surface area contributed by atoms with Gasteiger partial charge in [0.15, 0.2) is 13.7 Å². The number of anilines is 1. The molecule has 0 aromatic heterocycles. The number of benzene rings is 2. The number of hydrogen-bond acceptors (Lipinski definition) is 3. The molecule has 5 nitrogen and oxygen atoms in total. The molecule has 108 valence electrons. The normalized spacial score (nSPS) is 10.0. The highest BCUT2D eigenvalue weighted by Gasteiger charge is 2.07. The number of carbonyl (C=O) groups is 1. The number of hydrogen-bond donors (Lipinski definition) is 1. The highest BCUT2D eigenvalue weighted by Crippen LogP contribution is 2.17. The topological polar surface area (TPSA) is 58.4 Å². The summed E-state index contributed by atoms with van der Waals surface area (Å²) in [6, 6.07) is 12.0. The van der Waals surface area contributed by atoms with Crippen LogP contribution in [0.2, 0.25) is 0 Å². The van der Waals surface area contributed by atoms with E-state index in [9.17, 15) is 14.1 Å². The Labute approximate surface area is 120 Å². The molecular formula is C15H14FN2O3+. The van der Waals surface area contributed by atoms with E-state index in [1.54, 1.807) is 30.3 Å². The third-order valence-corrected chi connectivity index (χ3v) is 2.68. The van der Waals surface area contributed by atoms with E-state index in [1.807, 2.05) is 0 Å². The van der Waals surface area contributed by atoms with Gasteiger partial charge in [-0.1, -0.05) is 6.07 Å². The van der Waals surface area contributed by atoms with E-state index in [0.717, 1.165) is 4.76 Å². The van der Waals surface area contributed by atoms with Crippen LogP contribution in [-0.4, -0.2) is 24.3 Å². The summed E-state index contributed by atoms with van der Waals surface area (Å²) in [5.74, 6) is -0.355. The molecular weight excluding hydrogens is 275 g/mol. The molecule has 21 heavy (non-hydrogen) atoms. The van der Waals surface area contributed by atoms with Crippen molar-refractivity contribution < 1.29 is 18.7 Å². The van der Waals surface area contributed by atoms with Gasteiger partial charge in [0.1, 0.15) is 11.6 Å². The number of rotatable bonds is 5. The summed E-state index contributed by atoms with van der Waals surface area (Å²) in [6.45, 7) is -0.205. The van der Waals surface area contributed by atoms with Crippen LogP contribution >= 0.6 is 0 Å². The first kappa shape index (κ1) is 14.6. The molecule has 0 fully saturated rings. The molecule has 0 spiro atoms. The maximum Gasteiger partial charge on any atom is 0.262 e. The van der Waals surface area contributed by atoms with Crippen LogP contribution in [0.3, 0.4) is 0 Å². The standard InChI is InChI=1S/C15H13FN2O3/c1-18(20)13-5-7-14(8-6-13)21-10-15(19)17-12-4-2-3-11(16)9-12/h2-9H,10H2,1H3/p+1. The first-order chi connectivity index (χ1) is 10.0. The number of carbonyl (C=O) groups excluding carboxylic acids is 1. The third kappa shape index (κ3) is 4.38. The lowest BCUT2D eigenvalue weighted by Crippen LogP contribution is -2.20. The third-order valence-electron chi connectivity index (χ3n) is 2.68. The Morgan fingerprint density at radius 1 is 1.24 bits per heavy atom. The smallest absolute Gasteiger partial charge is 0.262 e.